The van der Waals surface area contributed by atoms with Gasteiger partial charge >= 0.3 is 0 Å². The minimum atomic E-state index is -0.170. The fourth-order valence-corrected chi connectivity index (χ4v) is 3.88. The van der Waals surface area contributed by atoms with Gasteiger partial charge in [0.2, 0.25) is 5.95 Å². The van der Waals surface area contributed by atoms with Crippen molar-refractivity contribution in [1.82, 2.24) is 14.9 Å². The normalized spacial score (nSPS) is 20.0. The molecule has 4 heterocycles. The largest absolute Gasteiger partial charge is 0.465 e. The topological polar surface area (TPSA) is 68.9 Å². The van der Waals surface area contributed by atoms with Gasteiger partial charge in [0.1, 0.15) is 11.6 Å². The zero-order valence-electron chi connectivity index (χ0n) is 16.5. The Balaban J connectivity index is 1.32. The minimum Gasteiger partial charge on any atom is -0.465 e. The molecule has 1 N–H and O–H groups in total. The standard InChI is InChI=1S/C21H29N5O2/c1-17(15-19-3-2-14-28-19)16-24-10-12-26(13-11-24)21-22-7-4-20(23-21)25-8-5-18(27)6-9-25/h2-4,7,14-15,18,27H,5-6,8-13,16H2,1H3/b17-15+. The minimum absolute atomic E-state index is 0.170. The second-order valence-electron chi connectivity index (χ2n) is 7.70. The molecular formula is C21H29N5O2. The van der Waals surface area contributed by atoms with Gasteiger partial charge in [-0.15, -0.1) is 0 Å². The Morgan fingerprint density at radius 3 is 2.64 bits per heavy atom. The quantitative estimate of drug-likeness (QED) is 0.849. The molecule has 0 aromatic carbocycles. The summed E-state index contributed by atoms with van der Waals surface area (Å²) in [7, 11) is 0. The molecule has 0 aliphatic carbocycles. The average molecular weight is 383 g/mol. The Labute approximate surface area is 166 Å². The van der Waals surface area contributed by atoms with Gasteiger partial charge in [-0.05, 0) is 44.0 Å². The number of aliphatic hydroxyl groups is 1. The molecule has 0 spiro atoms. The van der Waals surface area contributed by atoms with E-state index in [0.29, 0.717) is 0 Å². The van der Waals surface area contributed by atoms with Gasteiger partial charge in [-0.3, -0.25) is 4.90 Å². The first kappa shape index (κ1) is 19.0. The van der Waals surface area contributed by atoms with Crippen LogP contribution in [0.15, 0.2) is 40.6 Å². The Hall–Kier alpha value is -2.38. The van der Waals surface area contributed by atoms with Crippen molar-refractivity contribution in [2.24, 2.45) is 0 Å². The summed E-state index contributed by atoms with van der Waals surface area (Å²) >= 11 is 0. The highest BCUT2D eigenvalue weighted by molar-refractivity contribution is 5.47. The van der Waals surface area contributed by atoms with Crippen molar-refractivity contribution in [3.8, 4) is 0 Å². The Kier molecular flexibility index (Phi) is 5.92. The Bertz CT molecular complexity index is 776. The average Bonchev–Trinajstić information content (AvgIpc) is 3.22. The van der Waals surface area contributed by atoms with Crippen LogP contribution >= 0.6 is 0 Å². The van der Waals surface area contributed by atoms with E-state index in [-0.39, 0.29) is 6.10 Å². The number of rotatable bonds is 5. The van der Waals surface area contributed by atoms with E-state index in [1.165, 1.54) is 5.57 Å². The lowest BCUT2D eigenvalue weighted by molar-refractivity contribution is 0.145. The number of hydrogen-bond donors (Lipinski definition) is 1. The molecule has 0 unspecified atom stereocenters. The monoisotopic (exact) mass is 383 g/mol. The summed E-state index contributed by atoms with van der Waals surface area (Å²) in [6.07, 6.45) is 7.11. The van der Waals surface area contributed by atoms with Gasteiger partial charge in [0.15, 0.2) is 0 Å². The number of anilines is 2. The van der Waals surface area contributed by atoms with Crippen LogP contribution in [0.2, 0.25) is 0 Å². The van der Waals surface area contributed by atoms with Crippen LogP contribution < -0.4 is 9.80 Å². The molecule has 2 aromatic rings. The molecule has 7 heteroatoms. The lowest BCUT2D eigenvalue weighted by Crippen LogP contribution is -2.47. The molecule has 0 amide bonds. The van der Waals surface area contributed by atoms with Crippen molar-refractivity contribution >= 4 is 17.8 Å². The van der Waals surface area contributed by atoms with Gasteiger partial charge in [-0.25, -0.2) is 4.98 Å². The first-order valence-electron chi connectivity index (χ1n) is 10.1. The van der Waals surface area contributed by atoms with Gasteiger partial charge < -0.3 is 19.3 Å². The summed E-state index contributed by atoms with van der Waals surface area (Å²) in [5.41, 5.74) is 1.30. The van der Waals surface area contributed by atoms with E-state index >= 15 is 0 Å². The fraction of sp³-hybridized carbons (Fsp3) is 0.524. The molecule has 28 heavy (non-hydrogen) atoms. The van der Waals surface area contributed by atoms with E-state index in [2.05, 4.69) is 32.7 Å². The number of hydrogen-bond acceptors (Lipinski definition) is 7. The van der Waals surface area contributed by atoms with Crippen LogP contribution in [0.4, 0.5) is 11.8 Å². The van der Waals surface area contributed by atoms with E-state index in [1.54, 1.807) is 6.26 Å². The number of piperidine rings is 1. The Morgan fingerprint density at radius 2 is 1.93 bits per heavy atom. The van der Waals surface area contributed by atoms with Gasteiger partial charge in [-0.1, -0.05) is 5.57 Å². The smallest absolute Gasteiger partial charge is 0.227 e. The summed E-state index contributed by atoms with van der Waals surface area (Å²) in [5, 5.41) is 9.71. The predicted octanol–water partition coefficient (Wildman–Crippen LogP) is 2.26. The molecule has 2 fully saturated rings. The number of furan rings is 1. The van der Waals surface area contributed by atoms with Gasteiger partial charge in [0.05, 0.1) is 12.4 Å². The van der Waals surface area contributed by atoms with Crippen molar-refractivity contribution in [2.75, 3.05) is 55.6 Å². The van der Waals surface area contributed by atoms with Crippen LogP contribution in [0.3, 0.4) is 0 Å². The molecule has 0 atom stereocenters. The van der Waals surface area contributed by atoms with Crippen LogP contribution in [0.1, 0.15) is 25.5 Å². The van der Waals surface area contributed by atoms with Crippen LogP contribution in [0.25, 0.3) is 6.08 Å². The molecule has 150 valence electrons. The van der Waals surface area contributed by atoms with E-state index in [9.17, 15) is 5.11 Å². The highest BCUT2D eigenvalue weighted by atomic mass is 16.3. The van der Waals surface area contributed by atoms with Gasteiger partial charge in [0.25, 0.3) is 0 Å². The SMILES string of the molecule is C/C(=C\c1ccco1)CN1CCN(c2nccc(N3CCC(O)CC3)n2)CC1. The fourth-order valence-electron chi connectivity index (χ4n) is 3.88. The van der Waals surface area contributed by atoms with Crippen molar-refractivity contribution < 1.29 is 9.52 Å². The number of aliphatic hydroxyl groups excluding tert-OH is 1. The van der Waals surface area contributed by atoms with E-state index < -0.39 is 0 Å². The summed E-state index contributed by atoms with van der Waals surface area (Å²) in [4.78, 5) is 16.3. The summed E-state index contributed by atoms with van der Waals surface area (Å²) in [6, 6.07) is 5.87. The van der Waals surface area contributed by atoms with Crippen molar-refractivity contribution in [1.29, 1.82) is 0 Å². The molecule has 0 bridgehead atoms. The maximum absolute atomic E-state index is 9.71. The number of aromatic nitrogens is 2. The molecule has 0 radical (unpaired) electrons. The van der Waals surface area contributed by atoms with E-state index in [0.717, 1.165) is 76.2 Å². The van der Waals surface area contributed by atoms with E-state index in [4.69, 9.17) is 9.40 Å². The third-order valence-electron chi connectivity index (χ3n) is 5.48. The number of nitrogens with zero attached hydrogens (tertiary/aromatic N) is 5. The molecular weight excluding hydrogens is 354 g/mol. The van der Waals surface area contributed by atoms with Crippen LogP contribution in [0.5, 0.6) is 0 Å². The third-order valence-corrected chi connectivity index (χ3v) is 5.48. The lowest BCUT2D eigenvalue weighted by atomic mass is 10.1. The molecule has 2 saturated heterocycles. The summed E-state index contributed by atoms with van der Waals surface area (Å²) in [5.74, 6) is 2.69. The maximum atomic E-state index is 9.71. The van der Waals surface area contributed by atoms with Gasteiger partial charge in [-0.2, -0.15) is 4.98 Å². The summed E-state index contributed by atoms with van der Waals surface area (Å²) < 4.78 is 5.40. The van der Waals surface area contributed by atoms with Crippen molar-refractivity contribution in [3.05, 3.63) is 42.0 Å². The van der Waals surface area contributed by atoms with Crippen LogP contribution in [-0.4, -0.2) is 71.9 Å². The zero-order chi connectivity index (χ0) is 19.3. The molecule has 2 aliphatic rings. The lowest BCUT2D eigenvalue weighted by Gasteiger charge is -2.35. The third kappa shape index (κ3) is 4.72. The molecule has 7 nitrogen and oxygen atoms in total. The van der Waals surface area contributed by atoms with Gasteiger partial charge in [0, 0.05) is 52.0 Å². The highest BCUT2D eigenvalue weighted by Crippen LogP contribution is 2.20. The first-order chi connectivity index (χ1) is 13.7. The first-order valence-corrected chi connectivity index (χ1v) is 10.1. The van der Waals surface area contributed by atoms with Crippen molar-refractivity contribution in [3.63, 3.8) is 0 Å². The molecule has 2 aliphatic heterocycles. The van der Waals surface area contributed by atoms with Crippen molar-refractivity contribution in [2.45, 2.75) is 25.9 Å². The van der Waals surface area contributed by atoms with Crippen LogP contribution in [0, 0.1) is 0 Å². The molecule has 0 saturated carbocycles. The molecule has 2 aromatic heterocycles. The maximum Gasteiger partial charge on any atom is 0.227 e. The highest BCUT2D eigenvalue weighted by Gasteiger charge is 2.22. The predicted molar refractivity (Wildman–Crippen MR) is 110 cm³/mol. The molecule has 4 rings (SSSR count). The Morgan fingerprint density at radius 1 is 1.14 bits per heavy atom. The zero-order valence-corrected chi connectivity index (χ0v) is 16.5. The van der Waals surface area contributed by atoms with Crippen LogP contribution in [-0.2, 0) is 0 Å². The number of piperazine rings is 1. The second kappa shape index (κ2) is 8.75. The summed E-state index contributed by atoms with van der Waals surface area (Å²) in [6.45, 7) is 8.65. The van der Waals surface area contributed by atoms with E-state index in [1.807, 2.05) is 24.4 Å². The second-order valence-corrected chi connectivity index (χ2v) is 7.70.